The van der Waals surface area contributed by atoms with E-state index in [9.17, 15) is 14.4 Å². The first-order valence-electron chi connectivity index (χ1n) is 9.99. The Morgan fingerprint density at radius 3 is 2.57 bits per heavy atom. The fourth-order valence-corrected chi connectivity index (χ4v) is 3.54. The van der Waals surface area contributed by atoms with Crippen LogP contribution in [0.3, 0.4) is 0 Å². The molecule has 0 unspecified atom stereocenters. The maximum atomic E-state index is 11.9. The van der Waals surface area contributed by atoms with Crippen molar-refractivity contribution >= 4 is 39.9 Å². The second-order valence-corrected chi connectivity index (χ2v) is 6.97. The summed E-state index contributed by atoms with van der Waals surface area (Å²) in [4.78, 5) is 44.5. The quantitative estimate of drug-likeness (QED) is 0.258. The molecule has 0 aliphatic carbocycles. The standard InChI is InChI=1S/C22H22N3O5/c1-2-24-16-8-4-3-7-15(16)23-22-17(24)9-5-10-18(22)29-14-6-11-21(28)30-25-19(26)12-13-20(25)27/h3-5,7-10H,2,6,11-14H2,1H3/q+1. The second-order valence-electron chi connectivity index (χ2n) is 6.97. The lowest BCUT2D eigenvalue weighted by atomic mass is 10.2. The molecule has 4 rings (SSSR count). The van der Waals surface area contributed by atoms with Crippen LogP contribution >= 0.6 is 0 Å². The highest BCUT2D eigenvalue weighted by Crippen LogP contribution is 2.24. The molecular weight excluding hydrogens is 386 g/mol. The number of carbonyl (C=O) groups is 3. The molecule has 2 aromatic carbocycles. The van der Waals surface area contributed by atoms with E-state index in [1.54, 1.807) is 0 Å². The molecule has 0 N–H and O–H groups in total. The number of fused-ring (bicyclic) bond motifs is 2. The third-order valence-electron chi connectivity index (χ3n) is 4.97. The van der Waals surface area contributed by atoms with Crippen molar-refractivity contribution in [2.24, 2.45) is 0 Å². The van der Waals surface area contributed by atoms with Gasteiger partial charge in [0.1, 0.15) is 12.1 Å². The van der Waals surface area contributed by atoms with Crippen molar-refractivity contribution in [3.63, 3.8) is 0 Å². The number of carbonyl (C=O) groups excluding carboxylic acids is 3. The van der Waals surface area contributed by atoms with Gasteiger partial charge in [-0.1, -0.05) is 18.2 Å². The van der Waals surface area contributed by atoms with Crippen molar-refractivity contribution < 1.29 is 28.5 Å². The van der Waals surface area contributed by atoms with Gasteiger partial charge in [-0.3, -0.25) is 9.59 Å². The molecule has 2 heterocycles. The summed E-state index contributed by atoms with van der Waals surface area (Å²) in [7, 11) is 0. The minimum absolute atomic E-state index is 0.0349. The van der Waals surface area contributed by atoms with Crippen LogP contribution in [0.1, 0.15) is 32.6 Å². The molecule has 1 aliphatic heterocycles. The number of aryl methyl sites for hydroxylation is 1. The smallest absolute Gasteiger partial charge is 0.333 e. The summed E-state index contributed by atoms with van der Waals surface area (Å²) in [5, 5.41) is 0.562. The molecule has 0 atom stereocenters. The van der Waals surface area contributed by atoms with Gasteiger partial charge in [-0.25, -0.2) is 9.78 Å². The largest absolute Gasteiger partial charge is 0.491 e. The van der Waals surface area contributed by atoms with E-state index in [1.807, 2.05) is 42.5 Å². The van der Waals surface area contributed by atoms with Crippen molar-refractivity contribution in [1.29, 1.82) is 0 Å². The average molecular weight is 408 g/mol. The van der Waals surface area contributed by atoms with Gasteiger partial charge in [0.2, 0.25) is 11.0 Å². The minimum atomic E-state index is -0.631. The zero-order valence-electron chi connectivity index (χ0n) is 16.7. The van der Waals surface area contributed by atoms with Crippen molar-refractivity contribution in [1.82, 2.24) is 10.0 Å². The molecule has 8 nitrogen and oxygen atoms in total. The molecular formula is C22H22N3O5+. The maximum absolute atomic E-state index is 11.9. The van der Waals surface area contributed by atoms with Crippen LogP contribution in [0.25, 0.3) is 22.1 Å². The summed E-state index contributed by atoms with van der Waals surface area (Å²) in [6.45, 7) is 3.15. The van der Waals surface area contributed by atoms with Crippen molar-refractivity contribution in [2.45, 2.75) is 39.2 Å². The highest BCUT2D eigenvalue weighted by Gasteiger charge is 2.32. The fourth-order valence-electron chi connectivity index (χ4n) is 3.54. The molecule has 0 spiro atoms. The maximum Gasteiger partial charge on any atom is 0.333 e. The molecule has 1 aliphatic rings. The predicted molar refractivity (Wildman–Crippen MR) is 107 cm³/mol. The van der Waals surface area contributed by atoms with Gasteiger partial charge in [0, 0.05) is 25.0 Å². The number of para-hydroxylation sites is 3. The lowest BCUT2D eigenvalue weighted by Crippen LogP contribution is -2.34. The molecule has 2 amide bonds. The van der Waals surface area contributed by atoms with E-state index in [1.165, 1.54) is 0 Å². The summed E-state index contributed by atoms with van der Waals surface area (Å²) < 4.78 is 8.09. The van der Waals surface area contributed by atoms with E-state index < -0.39 is 17.8 Å². The van der Waals surface area contributed by atoms with E-state index in [-0.39, 0.29) is 25.9 Å². The van der Waals surface area contributed by atoms with Crippen LogP contribution in [-0.2, 0) is 25.8 Å². The zero-order valence-corrected chi connectivity index (χ0v) is 16.7. The second kappa shape index (κ2) is 8.44. The Hall–Kier alpha value is -3.55. The third kappa shape index (κ3) is 3.80. The number of hydrogen-bond acceptors (Lipinski definition) is 6. The zero-order chi connectivity index (χ0) is 21.1. The number of nitrogens with zero attached hydrogens (tertiary/aromatic N) is 3. The van der Waals surface area contributed by atoms with E-state index in [0.717, 1.165) is 28.6 Å². The Morgan fingerprint density at radius 2 is 1.80 bits per heavy atom. The van der Waals surface area contributed by atoms with E-state index in [2.05, 4.69) is 11.5 Å². The van der Waals surface area contributed by atoms with Gasteiger partial charge in [0.05, 0.1) is 13.0 Å². The van der Waals surface area contributed by atoms with Crippen LogP contribution in [0.15, 0.2) is 42.5 Å². The van der Waals surface area contributed by atoms with Crippen LogP contribution in [0.5, 0.6) is 5.75 Å². The molecule has 0 bridgehead atoms. The number of aromatic nitrogens is 2. The SMILES string of the molecule is CC[n+]1c2ccccc2nc2c(OCCCC(=O)ON3C(=O)CCC3=O)cccc21. The predicted octanol–water partition coefficient (Wildman–Crippen LogP) is 2.46. The van der Waals surface area contributed by atoms with Gasteiger partial charge in [0.25, 0.3) is 11.8 Å². The first kappa shape index (κ1) is 19.8. The summed E-state index contributed by atoms with van der Waals surface area (Å²) >= 11 is 0. The van der Waals surface area contributed by atoms with Crippen LogP contribution < -0.4 is 9.30 Å². The van der Waals surface area contributed by atoms with Crippen molar-refractivity contribution in [2.75, 3.05) is 6.61 Å². The van der Waals surface area contributed by atoms with Crippen molar-refractivity contribution in [3.8, 4) is 5.75 Å². The van der Waals surface area contributed by atoms with E-state index >= 15 is 0 Å². The molecule has 30 heavy (non-hydrogen) atoms. The Bertz CT molecular complexity index is 1130. The average Bonchev–Trinajstić information content (AvgIpc) is 3.07. The lowest BCUT2D eigenvalue weighted by Gasteiger charge is -2.12. The minimum Gasteiger partial charge on any atom is -0.491 e. The summed E-state index contributed by atoms with van der Waals surface area (Å²) in [5.74, 6) is -0.961. The molecule has 1 aromatic heterocycles. The number of hydrogen-bond donors (Lipinski definition) is 0. The van der Waals surface area contributed by atoms with Gasteiger partial charge in [0.15, 0.2) is 11.3 Å². The van der Waals surface area contributed by atoms with Gasteiger partial charge in [-0.05, 0) is 25.5 Å². The van der Waals surface area contributed by atoms with Crippen LogP contribution in [-0.4, -0.2) is 34.4 Å². The highest BCUT2D eigenvalue weighted by atomic mass is 16.7. The first-order chi connectivity index (χ1) is 14.6. The molecule has 1 saturated heterocycles. The molecule has 0 radical (unpaired) electrons. The number of benzene rings is 2. The van der Waals surface area contributed by atoms with E-state index in [4.69, 9.17) is 14.6 Å². The third-order valence-corrected chi connectivity index (χ3v) is 4.97. The van der Waals surface area contributed by atoms with Crippen LogP contribution in [0, 0.1) is 0 Å². The molecule has 154 valence electrons. The Kier molecular flexibility index (Phi) is 5.56. The normalized spacial score (nSPS) is 14.0. The van der Waals surface area contributed by atoms with Gasteiger partial charge >= 0.3 is 5.97 Å². The Labute approximate surface area is 173 Å². The highest BCUT2D eigenvalue weighted by molar-refractivity contribution is 6.01. The van der Waals surface area contributed by atoms with Gasteiger partial charge < -0.3 is 9.57 Å². The van der Waals surface area contributed by atoms with Crippen molar-refractivity contribution in [3.05, 3.63) is 42.5 Å². The first-order valence-corrected chi connectivity index (χ1v) is 9.99. The number of ether oxygens (including phenoxy) is 1. The lowest BCUT2D eigenvalue weighted by molar-refractivity contribution is -0.641. The molecule has 0 saturated carbocycles. The number of hydroxylamine groups is 2. The van der Waals surface area contributed by atoms with Crippen LogP contribution in [0.4, 0.5) is 0 Å². The number of rotatable bonds is 7. The van der Waals surface area contributed by atoms with Crippen LogP contribution in [0.2, 0.25) is 0 Å². The molecule has 3 aromatic rings. The summed E-state index contributed by atoms with van der Waals surface area (Å²) in [6.07, 6.45) is 0.575. The Morgan fingerprint density at radius 1 is 1.07 bits per heavy atom. The Balaban J connectivity index is 1.43. The van der Waals surface area contributed by atoms with Gasteiger partial charge in [-0.2, -0.15) is 4.57 Å². The van der Waals surface area contributed by atoms with E-state index in [0.29, 0.717) is 17.2 Å². The number of imide groups is 1. The molecule has 1 fully saturated rings. The summed E-state index contributed by atoms with van der Waals surface area (Å²) in [6, 6.07) is 13.7. The van der Waals surface area contributed by atoms with Gasteiger partial charge in [-0.15, -0.1) is 5.06 Å². The molecule has 8 heteroatoms. The topological polar surface area (TPSA) is 89.7 Å². The fraction of sp³-hybridized carbons (Fsp3) is 0.318. The summed E-state index contributed by atoms with van der Waals surface area (Å²) in [5.41, 5.74) is 3.66. The monoisotopic (exact) mass is 408 g/mol. The number of amides is 2.